The lowest BCUT2D eigenvalue weighted by atomic mass is 9.92. The van der Waals surface area contributed by atoms with E-state index in [9.17, 15) is 9.59 Å². The number of para-hydroxylation sites is 1. The summed E-state index contributed by atoms with van der Waals surface area (Å²) >= 11 is 1.64. The summed E-state index contributed by atoms with van der Waals surface area (Å²) in [6.07, 6.45) is 4.79. The smallest absolute Gasteiger partial charge is 0.290 e. The Hall–Kier alpha value is -4.31. The number of hydrogen-bond donors (Lipinski definition) is 2. The van der Waals surface area contributed by atoms with Crippen LogP contribution in [0.1, 0.15) is 48.0 Å². The normalized spacial score (nSPS) is 16.7. The molecule has 8 nitrogen and oxygen atoms in total. The van der Waals surface area contributed by atoms with E-state index in [0.717, 1.165) is 37.3 Å². The summed E-state index contributed by atoms with van der Waals surface area (Å²) in [5, 5.41) is 14.0. The van der Waals surface area contributed by atoms with Gasteiger partial charge in [0.15, 0.2) is 5.76 Å². The number of aromatic nitrogens is 2. The van der Waals surface area contributed by atoms with Crippen molar-refractivity contribution in [3.05, 3.63) is 95.9 Å². The van der Waals surface area contributed by atoms with Gasteiger partial charge in [-0.15, -0.1) is 11.3 Å². The molecule has 6 rings (SSSR count). The van der Waals surface area contributed by atoms with Crippen molar-refractivity contribution in [3.8, 4) is 10.6 Å². The molecule has 3 aromatic carbocycles. The molecule has 5 aromatic rings. The average Bonchev–Trinajstić information content (AvgIpc) is 3.61. The van der Waals surface area contributed by atoms with Gasteiger partial charge < -0.3 is 19.9 Å². The third kappa shape index (κ3) is 6.24. The molecule has 1 amide bonds. The van der Waals surface area contributed by atoms with Crippen LogP contribution in [0.5, 0.6) is 0 Å². The number of thiazole rings is 1. The zero-order chi connectivity index (χ0) is 29.9. The summed E-state index contributed by atoms with van der Waals surface area (Å²) in [7, 11) is 0. The number of allylic oxidation sites excluding steroid dienone is 1. The molecule has 0 spiro atoms. The predicted octanol–water partition coefficient (Wildman–Crippen LogP) is 7.03. The number of anilines is 1. The minimum atomic E-state index is -0.654. The van der Waals surface area contributed by atoms with E-state index < -0.39 is 6.29 Å². The van der Waals surface area contributed by atoms with E-state index in [1.165, 1.54) is 12.5 Å². The Morgan fingerprint density at radius 3 is 2.72 bits per heavy atom. The minimum absolute atomic E-state index is 0.0855. The molecule has 1 aliphatic rings. The van der Waals surface area contributed by atoms with Crippen molar-refractivity contribution in [2.24, 2.45) is 0 Å². The van der Waals surface area contributed by atoms with E-state index in [1.54, 1.807) is 15.9 Å². The number of unbranched alkanes of at least 4 members (excludes halogenated alkanes) is 1. The number of aliphatic hydroxyl groups excluding tert-OH is 1. The molecule has 1 aliphatic heterocycles. The number of aryl methyl sites for hydroxylation is 1. The van der Waals surface area contributed by atoms with E-state index in [2.05, 4.69) is 24.4 Å². The fourth-order valence-electron chi connectivity index (χ4n) is 5.37. The number of ether oxygens (including phenoxy) is 2. The van der Waals surface area contributed by atoms with Gasteiger partial charge in [0.25, 0.3) is 5.91 Å². The molecule has 2 N–H and O–H groups in total. The van der Waals surface area contributed by atoms with Crippen LogP contribution >= 0.6 is 11.3 Å². The maximum atomic E-state index is 13.5. The van der Waals surface area contributed by atoms with Crippen molar-refractivity contribution >= 4 is 50.0 Å². The number of carbonyl (C=O) groups is 2. The monoisotopic (exact) mass is 595 g/mol. The van der Waals surface area contributed by atoms with Crippen molar-refractivity contribution in [2.45, 2.75) is 45.3 Å². The maximum Gasteiger partial charge on any atom is 0.290 e. The third-order valence-electron chi connectivity index (χ3n) is 7.55. The second-order valence-electron chi connectivity index (χ2n) is 10.7. The number of aliphatic hydroxyl groups is 1. The lowest BCUT2D eigenvalue weighted by molar-refractivity contribution is -0.143. The Labute approximate surface area is 253 Å². The van der Waals surface area contributed by atoms with Crippen molar-refractivity contribution < 1.29 is 24.2 Å². The fourth-order valence-corrected chi connectivity index (χ4v) is 6.44. The van der Waals surface area contributed by atoms with Crippen molar-refractivity contribution in [1.29, 1.82) is 0 Å². The molecule has 0 radical (unpaired) electrons. The van der Waals surface area contributed by atoms with Crippen LogP contribution in [-0.4, -0.2) is 46.0 Å². The van der Waals surface area contributed by atoms with Crippen LogP contribution in [0.25, 0.3) is 31.7 Å². The molecule has 0 unspecified atom stereocenters. The van der Waals surface area contributed by atoms with E-state index in [1.807, 2.05) is 66.9 Å². The molecule has 43 heavy (non-hydrogen) atoms. The lowest BCUT2D eigenvalue weighted by Crippen LogP contribution is -2.29. The second-order valence-corrected chi connectivity index (χ2v) is 11.8. The first-order valence-corrected chi connectivity index (χ1v) is 15.2. The van der Waals surface area contributed by atoms with Crippen LogP contribution in [0.2, 0.25) is 0 Å². The van der Waals surface area contributed by atoms with Gasteiger partial charge >= 0.3 is 0 Å². The molecule has 0 saturated heterocycles. The highest BCUT2D eigenvalue weighted by Crippen LogP contribution is 2.37. The Balaban J connectivity index is 1.24. The van der Waals surface area contributed by atoms with Gasteiger partial charge in [-0.3, -0.25) is 14.2 Å². The van der Waals surface area contributed by atoms with Crippen LogP contribution in [0.4, 0.5) is 5.69 Å². The molecule has 2 atom stereocenters. The van der Waals surface area contributed by atoms with E-state index in [4.69, 9.17) is 19.6 Å². The second kappa shape index (κ2) is 12.5. The number of fused-ring (bicyclic) bond motifs is 2. The molecule has 3 heterocycles. The molecular weight excluding hydrogens is 562 g/mol. The average molecular weight is 596 g/mol. The van der Waals surface area contributed by atoms with E-state index >= 15 is 0 Å². The number of hydrogen-bond acceptors (Lipinski definition) is 7. The number of carbonyl (C=O) groups excluding carboxylic acids is 2. The van der Waals surface area contributed by atoms with Gasteiger partial charge in [-0.05, 0) is 79.4 Å². The van der Waals surface area contributed by atoms with Crippen LogP contribution in [0, 0.1) is 6.92 Å². The topological polar surface area (TPSA) is 103 Å². The summed E-state index contributed by atoms with van der Waals surface area (Å²) in [6, 6.07) is 21.6. The van der Waals surface area contributed by atoms with Gasteiger partial charge in [-0.1, -0.05) is 24.3 Å². The number of rotatable bonds is 9. The molecule has 0 fully saturated rings. The molecule has 0 bridgehead atoms. The zero-order valence-corrected chi connectivity index (χ0v) is 24.9. The largest absolute Gasteiger partial charge is 0.459 e. The van der Waals surface area contributed by atoms with Gasteiger partial charge in [0.05, 0.1) is 22.3 Å². The summed E-state index contributed by atoms with van der Waals surface area (Å²) in [5.41, 5.74) is 5.52. The van der Waals surface area contributed by atoms with E-state index in [-0.39, 0.29) is 30.1 Å². The molecule has 2 aromatic heterocycles. The van der Waals surface area contributed by atoms with Crippen LogP contribution in [0.3, 0.4) is 0 Å². The number of benzene rings is 3. The van der Waals surface area contributed by atoms with Crippen molar-refractivity contribution in [1.82, 2.24) is 9.55 Å². The predicted molar refractivity (Wildman–Crippen MR) is 169 cm³/mol. The fraction of sp³-hybridized carbons (Fsp3) is 0.265. The highest BCUT2D eigenvalue weighted by molar-refractivity contribution is 7.21. The van der Waals surface area contributed by atoms with Gasteiger partial charge in [0, 0.05) is 48.7 Å². The van der Waals surface area contributed by atoms with Crippen molar-refractivity contribution in [2.75, 3.05) is 18.5 Å². The standard InChI is InChI=1S/C34H33N3O5S/c1-21-9-14-28-31(17-21)43-34(36-28)23-10-12-25(13-11-23)35-33(40)30-18-24(19-32(42-30)41-16-6-5-15-38)27-20-37(22(2)39)29-8-4-3-7-26(27)29/h3-4,7-14,17-18,20,24,32,38H,5-6,15-16,19H2,1-2H3,(H,35,40)/t24-,32+/m1/s1. The lowest BCUT2D eigenvalue weighted by Gasteiger charge is -2.29. The van der Waals surface area contributed by atoms with Crippen LogP contribution in [-0.2, 0) is 14.3 Å². The number of nitrogens with one attached hydrogen (secondary N) is 1. The molecule has 9 heteroatoms. The summed E-state index contributed by atoms with van der Waals surface area (Å²) in [6.45, 7) is 4.09. The Morgan fingerprint density at radius 2 is 1.93 bits per heavy atom. The Kier molecular flexibility index (Phi) is 8.38. The van der Waals surface area contributed by atoms with Crippen LogP contribution in [0.15, 0.2) is 84.8 Å². The first-order chi connectivity index (χ1) is 20.9. The van der Waals surface area contributed by atoms with Crippen molar-refractivity contribution in [3.63, 3.8) is 0 Å². The quantitative estimate of drug-likeness (QED) is 0.177. The van der Waals surface area contributed by atoms with Gasteiger partial charge in [0.2, 0.25) is 12.2 Å². The highest BCUT2D eigenvalue weighted by Gasteiger charge is 2.31. The number of nitrogens with zero attached hydrogens (tertiary/aromatic N) is 2. The summed E-state index contributed by atoms with van der Waals surface area (Å²) in [5.74, 6) is -0.522. The van der Waals surface area contributed by atoms with Gasteiger partial charge in [0.1, 0.15) is 5.01 Å². The summed E-state index contributed by atoms with van der Waals surface area (Å²) < 4.78 is 14.8. The zero-order valence-electron chi connectivity index (χ0n) is 24.1. The Bertz CT molecular complexity index is 1820. The van der Waals surface area contributed by atoms with Gasteiger partial charge in [-0.25, -0.2) is 4.98 Å². The first-order valence-electron chi connectivity index (χ1n) is 14.4. The van der Waals surface area contributed by atoms with Crippen LogP contribution < -0.4 is 5.32 Å². The molecule has 0 aliphatic carbocycles. The Morgan fingerprint density at radius 1 is 1.12 bits per heavy atom. The first kappa shape index (κ1) is 28.8. The van der Waals surface area contributed by atoms with Gasteiger partial charge in [-0.2, -0.15) is 0 Å². The van der Waals surface area contributed by atoms with E-state index in [0.29, 0.717) is 31.6 Å². The molecular formula is C34H33N3O5S. The highest BCUT2D eigenvalue weighted by atomic mass is 32.1. The molecule has 220 valence electrons. The minimum Gasteiger partial charge on any atom is -0.459 e. The summed E-state index contributed by atoms with van der Waals surface area (Å²) in [4.78, 5) is 30.6. The third-order valence-corrected chi connectivity index (χ3v) is 8.62. The number of amides is 1. The maximum absolute atomic E-state index is 13.5. The molecule has 0 saturated carbocycles. The SMILES string of the molecule is CC(=O)n1cc([C@@H]2C=C(C(=O)Nc3ccc(-c4nc5ccc(C)cc5s4)cc3)O[C@H](OCCCCO)C2)c2ccccc21.